The molecular weight excluding hydrogens is 369 g/mol. The molecule has 0 bridgehead atoms. The summed E-state index contributed by atoms with van der Waals surface area (Å²) >= 11 is 12.1. The van der Waals surface area contributed by atoms with E-state index in [-0.39, 0.29) is 5.91 Å². The number of carbonyl (C=O) groups is 1. The second kappa shape index (κ2) is 8.87. The predicted octanol–water partition coefficient (Wildman–Crippen LogP) is 1.22. The largest absolute Gasteiger partial charge is 0.322 e. The zero-order chi connectivity index (χ0) is 18.5. The van der Waals surface area contributed by atoms with Crippen molar-refractivity contribution in [1.82, 2.24) is 0 Å². The summed E-state index contributed by atoms with van der Waals surface area (Å²) in [5.41, 5.74) is 3.27. The normalized spacial score (nSPS) is 20.0. The van der Waals surface area contributed by atoms with Gasteiger partial charge in [-0.2, -0.15) is 0 Å². The third-order valence-electron chi connectivity index (χ3n) is 4.84. The second-order valence-corrected chi connectivity index (χ2v) is 7.78. The van der Waals surface area contributed by atoms with Crippen LogP contribution in [0.5, 0.6) is 0 Å². The van der Waals surface area contributed by atoms with Crippen LogP contribution in [0.25, 0.3) is 0 Å². The maximum Gasteiger partial charge on any atom is 0.279 e. The van der Waals surface area contributed by atoms with Crippen molar-refractivity contribution < 1.29 is 14.6 Å². The number of hydrogen-bond acceptors (Lipinski definition) is 1. The molecule has 0 aromatic heterocycles. The van der Waals surface area contributed by atoms with Gasteiger partial charge in [-0.05, 0) is 19.1 Å². The number of nitrogens with one attached hydrogen (secondary N) is 3. The van der Waals surface area contributed by atoms with Gasteiger partial charge < -0.3 is 15.1 Å². The molecule has 0 radical (unpaired) electrons. The van der Waals surface area contributed by atoms with Gasteiger partial charge in [-0.1, -0.05) is 59.1 Å². The number of quaternary nitrogens is 2. The fraction of sp³-hybridized carbons (Fsp3) is 0.350. The van der Waals surface area contributed by atoms with Gasteiger partial charge in [-0.15, -0.1) is 0 Å². The Morgan fingerprint density at radius 2 is 1.73 bits per heavy atom. The molecule has 3 N–H and O–H groups in total. The van der Waals surface area contributed by atoms with Crippen LogP contribution < -0.4 is 15.1 Å². The highest BCUT2D eigenvalue weighted by atomic mass is 35.5. The summed E-state index contributed by atoms with van der Waals surface area (Å²) < 4.78 is 0. The Labute approximate surface area is 164 Å². The average molecular weight is 394 g/mol. The molecular formula is C20H25Cl2N3O+2. The van der Waals surface area contributed by atoms with E-state index in [0.717, 1.165) is 32.7 Å². The molecule has 0 spiro atoms. The van der Waals surface area contributed by atoms with Crippen LogP contribution in [-0.2, 0) is 11.3 Å². The predicted molar refractivity (Wildman–Crippen MR) is 106 cm³/mol. The Morgan fingerprint density at radius 1 is 1.04 bits per heavy atom. The zero-order valence-corrected chi connectivity index (χ0v) is 16.5. The maximum atomic E-state index is 12.3. The van der Waals surface area contributed by atoms with Crippen molar-refractivity contribution in [3.05, 3.63) is 63.6 Å². The van der Waals surface area contributed by atoms with Crippen molar-refractivity contribution in [3.63, 3.8) is 0 Å². The van der Waals surface area contributed by atoms with Crippen LogP contribution in [0.3, 0.4) is 0 Å². The van der Waals surface area contributed by atoms with E-state index in [1.165, 1.54) is 16.0 Å². The van der Waals surface area contributed by atoms with Gasteiger partial charge in [0.25, 0.3) is 5.91 Å². The zero-order valence-electron chi connectivity index (χ0n) is 14.9. The molecule has 1 aliphatic rings. The smallest absolute Gasteiger partial charge is 0.279 e. The van der Waals surface area contributed by atoms with Gasteiger partial charge in [-0.3, -0.25) is 4.79 Å². The average Bonchev–Trinajstić information content (AvgIpc) is 2.61. The van der Waals surface area contributed by atoms with Crippen molar-refractivity contribution in [3.8, 4) is 0 Å². The topological polar surface area (TPSA) is 38.0 Å². The van der Waals surface area contributed by atoms with E-state index < -0.39 is 0 Å². The van der Waals surface area contributed by atoms with Crippen LogP contribution in [0.15, 0.2) is 42.5 Å². The highest BCUT2D eigenvalue weighted by molar-refractivity contribution is 6.43. The van der Waals surface area contributed by atoms with Gasteiger partial charge in [0.1, 0.15) is 32.7 Å². The molecule has 0 aliphatic carbocycles. The van der Waals surface area contributed by atoms with E-state index in [2.05, 4.69) is 36.5 Å². The molecule has 3 rings (SSSR count). The van der Waals surface area contributed by atoms with E-state index in [1.54, 1.807) is 23.1 Å². The Balaban J connectivity index is 1.46. The Morgan fingerprint density at radius 3 is 2.46 bits per heavy atom. The minimum Gasteiger partial charge on any atom is -0.322 e. The third-order valence-corrected chi connectivity index (χ3v) is 5.66. The van der Waals surface area contributed by atoms with E-state index in [4.69, 9.17) is 23.2 Å². The number of anilines is 1. The van der Waals surface area contributed by atoms with Crippen molar-refractivity contribution in [2.24, 2.45) is 0 Å². The number of aryl methyl sites for hydroxylation is 1. The molecule has 0 saturated carbocycles. The summed E-state index contributed by atoms with van der Waals surface area (Å²) in [6, 6.07) is 14.0. The van der Waals surface area contributed by atoms with Crippen molar-refractivity contribution in [2.45, 2.75) is 13.5 Å². The van der Waals surface area contributed by atoms with Gasteiger partial charge >= 0.3 is 0 Å². The van der Waals surface area contributed by atoms with Crippen LogP contribution in [-0.4, -0.2) is 38.6 Å². The Kier molecular flexibility index (Phi) is 6.54. The van der Waals surface area contributed by atoms with Gasteiger partial charge in [0.15, 0.2) is 6.54 Å². The monoisotopic (exact) mass is 393 g/mol. The Bertz CT molecular complexity index is 773. The SMILES string of the molecule is Cc1cccc(C[NH+]2CC[NH+](CC(=O)Nc3cccc(Cl)c3Cl)CC2)c1. The molecule has 1 amide bonds. The lowest BCUT2D eigenvalue weighted by molar-refractivity contribution is -1.02. The fourth-order valence-corrected chi connectivity index (χ4v) is 3.79. The first-order chi connectivity index (χ1) is 12.5. The van der Waals surface area contributed by atoms with Crippen LogP contribution in [0.1, 0.15) is 11.1 Å². The lowest BCUT2D eigenvalue weighted by atomic mass is 10.1. The first-order valence-corrected chi connectivity index (χ1v) is 9.73. The van der Waals surface area contributed by atoms with Crippen molar-refractivity contribution in [2.75, 3.05) is 38.0 Å². The summed E-state index contributed by atoms with van der Waals surface area (Å²) in [6.07, 6.45) is 0. The third kappa shape index (κ3) is 5.21. The standard InChI is InChI=1S/C20H23Cl2N3O/c1-15-4-2-5-16(12-15)13-24-8-10-25(11-9-24)14-19(26)23-18-7-3-6-17(21)20(18)22/h2-7,12H,8-11,13-14H2,1H3,(H,23,26)/p+2. The summed E-state index contributed by atoms with van der Waals surface area (Å²) in [4.78, 5) is 15.2. The highest BCUT2D eigenvalue weighted by Crippen LogP contribution is 2.29. The summed E-state index contributed by atoms with van der Waals surface area (Å²) in [5.74, 6) is -0.0219. The molecule has 0 atom stereocenters. The molecule has 1 aliphatic heterocycles. The molecule has 2 aromatic rings. The molecule has 6 heteroatoms. The minimum atomic E-state index is -0.0219. The van der Waals surface area contributed by atoms with E-state index >= 15 is 0 Å². The van der Waals surface area contributed by atoms with Gasteiger partial charge in [-0.25, -0.2) is 0 Å². The fourth-order valence-electron chi connectivity index (χ4n) is 3.44. The molecule has 2 aromatic carbocycles. The highest BCUT2D eigenvalue weighted by Gasteiger charge is 2.25. The van der Waals surface area contributed by atoms with Gasteiger partial charge in [0, 0.05) is 5.56 Å². The van der Waals surface area contributed by atoms with E-state index in [0.29, 0.717) is 22.3 Å². The molecule has 0 unspecified atom stereocenters. The van der Waals surface area contributed by atoms with Crippen LogP contribution in [0.2, 0.25) is 10.0 Å². The lowest BCUT2D eigenvalue weighted by Crippen LogP contribution is -3.28. The maximum absolute atomic E-state index is 12.3. The second-order valence-electron chi connectivity index (χ2n) is 6.99. The molecule has 1 fully saturated rings. The number of carbonyl (C=O) groups excluding carboxylic acids is 1. The number of halogens is 2. The number of rotatable bonds is 5. The van der Waals surface area contributed by atoms with Crippen LogP contribution >= 0.6 is 23.2 Å². The van der Waals surface area contributed by atoms with Crippen molar-refractivity contribution in [1.29, 1.82) is 0 Å². The van der Waals surface area contributed by atoms with Crippen LogP contribution in [0, 0.1) is 6.92 Å². The summed E-state index contributed by atoms with van der Waals surface area (Å²) in [7, 11) is 0. The number of hydrogen-bond donors (Lipinski definition) is 3. The molecule has 138 valence electrons. The van der Waals surface area contributed by atoms with Gasteiger partial charge in [0.05, 0.1) is 15.7 Å². The molecule has 1 heterocycles. The number of benzene rings is 2. The first kappa shape index (κ1) is 19.2. The quantitative estimate of drug-likeness (QED) is 0.701. The summed E-state index contributed by atoms with van der Waals surface area (Å²) in [5, 5.41) is 3.72. The molecule has 4 nitrogen and oxygen atoms in total. The summed E-state index contributed by atoms with van der Waals surface area (Å²) in [6.45, 7) is 7.80. The molecule has 26 heavy (non-hydrogen) atoms. The molecule has 1 saturated heterocycles. The Hall–Kier alpha value is -1.59. The van der Waals surface area contributed by atoms with Crippen molar-refractivity contribution >= 4 is 34.8 Å². The van der Waals surface area contributed by atoms with Crippen LogP contribution in [0.4, 0.5) is 5.69 Å². The number of amides is 1. The minimum absolute atomic E-state index is 0.0219. The first-order valence-electron chi connectivity index (χ1n) is 8.98. The van der Waals surface area contributed by atoms with Gasteiger partial charge in [0.2, 0.25) is 0 Å². The lowest BCUT2D eigenvalue weighted by Gasteiger charge is -2.29. The van der Waals surface area contributed by atoms with E-state index in [1.807, 2.05) is 0 Å². The van der Waals surface area contributed by atoms with E-state index in [9.17, 15) is 4.79 Å². The number of piperazine rings is 1.